The molecule has 0 rings (SSSR count). The molecular weight excluding hydrogens is 158 g/mol. The topological polar surface area (TPSA) is 26.0 Å². The molecule has 0 aliphatic rings. The Hall–Kier alpha value is -0.300. The highest BCUT2D eigenvalue weighted by molar-refractivity contribution is 4.93. The van der Waals surface area contributed by atoms with Crippen LogP contribution in [0.3, 0.4) is 0 Å². The maximum Gasteiger partial charge on any atom is -0.00772 e. The lowest BCUT2D eigenvalue weighted by atomic mass is 9.97. The van der Waals surface area contributed by atoms with Gasteiger partial charge in [-0.25, -0.2) is 0 Å². The van der Waals surface area contributed by atoms with Gasteiger partial charge in [-0.3, -0.25) is 0 Å². The summed E-state index contributed by atoms with van der Waals surface area (Å²) in [7, 11) is 0. The van der Waals surface area contributed by atoms with Gasteiger partial charge in [-0.15, -0.1) is 0 Å². The molecule has 1 heteroatoms. The van der Waals surface area contributed by atoms with Gasteiger partial charge in [-0.2, -0.15) is 0 Å². The Morgan fingerprint density at radius 1 is 1.31 bits per heavy atom. The van der Waals surface area contributed by atoms with E-state index in [1.165, 1.54) is 37.7 Å². The molecule has 0 spiro atoms. The van der Waals surface area contributed by atoms with Crippen molar-refractivity contribution in [2.45, 2.75) is 52.4 Å². The summed E-state index contributed by atoms with van der Waals surface area (Å²) in [5, 5.41) is 0. The summed E-state index contributed by atoms with van der Waals surface area (Å²) in [6.45, 7) is 9.47. The van der Waals surface area contributed by atoms with E-state index in [0.717, 1.165) is 18.9 Å². The molecule has 1 atom stereocenters. The van der Waals surface area contributed by atoms with Gasteiger partial charge in [-0.05, 0) is 44.6 Å². The van der Waals surface area contributed by atoms with Crippen LogP contribution in [-0.4, -0.2) is 6.54 Å². The molecule has 1 nitrogen and oxygen atoms in total. The van der Waals surface area contributed by atoms with E-state index in [1.807, 2.05) is 0 Å². The number of hydrogen-bond acceptors (Lipinski definition) is 1. The summed E-state index contributed by atoms with van der Waals surface area (Å²) in [6, 6.07) is 0. The predicted octanol–water partition coefficient (Wildman–Crippen LogP) is 3.50. The van der Waals surface area contributed by atoms with Crippen LogP contribution in [0.1, 0.15) is 52.4 Å². The first-order chi connectivity index (χ1) is 6.20. The quantitative estimate of drug-likeness (QED) is 0.452. The number of hydrogen-bond donors (Lipinski definition) is 1. The second-order valence-electron chi connectivity index (χ2n) is 4.05. The SMILES string of the molecule is C=C(CCCCN)CC[C@@H](C)CC. The monoisotopic (exact) mass is 183 g/mol. The molecule has 0 amide bonds. The highest BCUT2D eigenvalue weighted by Crippen LogP contribution is 2.17. The molecule has 0 aliphatic heterocycles. The maximum absolute atomic E-state index is 5.43. The molecular formula is C12H25N. The molecule has 0 fully saturated rings. The van der Waals surface area contributed by atoms with E-state index >= 15 is 0 Å². The third-order valence-corrected chi connectivity index (χ3v) is 2.67. The fraction of sp³-hybridized carbons (Fsp3) is 0.833. The average molecular weight is 183 g/mol. The lowest BCUT2D eigenvalue weighted by molar-refractivity contribution is 0.509. The maximum atomic E-state index is 5.43. The van der Waals surface area contributed by atoms with Crippen molar-refractivity contribution in [3.63, 3.8) is 0 Å². The van der Waals surface area contributed by atoms with Gasteiger partial charge < -0.3 is 5.73 Å². The Balaban J connectivity index is 3.30. The Morgan fingerprint density at radius 2 is 2.00 bits per heavy atom. The Labute approximate surface area is 83.4 Å². The molecule has 0 radical (unpaired) electrons. The molecule has 0 heterocycles. The van der Waals surface area contributed by atoms with E-state index in [1.54, 1.807) is 0 Å². The normalized spacial score (nSPS) is 12.8. The molecule has 2 N–H and O–H groups in total. The van der Waals surface area contributed by atoms with Crippen molar-refractivity contribution in [3.05, 3.63) is 12.2 Å². The minimum atomic E-state index is 0.818. The molecule has 0 aliphatic carbocycles. The third kappa shape index (κ3) is 8.04. The van der Waals surface area contributed by atoms with Crippen molar-refractivity contribution < 1.29 is 0 Å². The Morgan fingerprint density at radius 3 is 2.54 bits per heavy atom. The van der Waals surface area contributed by atoms with Crippen molar-refractivity contribution in [2.75, 3.05) is 6.54 Å². The van der Waals surface area contributed by atoms with Gasteiger partial charge in [0.25, 0.3) is 0 Å². The third-order valence-electron chi connectivity index (χ3n) is 2.67. The van der Waals surface area contributed by atoms with Gasteiger partial charge in [0.15, 0.2) is 0 Å². The largest absolute Gasteiger partial charge is 0.330 e. The lowest BCUT2D eigenvalue weighted by Gasteiger charge is -2.09. The van der Waals surface area contributed by atoms with Gasteiger partial charge in [0.1, 0.15) is 0 Å². The fourth-order valence-electron chi connectivity index (χ4n) is 1.30. The molecule has 78 valence electrons. The Kier molecular flexibility index (Phi) is 8.11. The highest BCUT2D eigenvalue weighted by atomic mass is 14.5. The number of nitrogens with two attached hydrogens (primary N) is 1. The smallest absolute Gasteiger partial charge is 0.00772 e. The minimum absolute atomic E-state index is 0.818. The van der Waals surface area contributed by atoms with Crippen LogP contribution in [0.15, 0.2) is 12.2 Å². The first kappa shape index (κ1) is 12.7. The second kappa shape index (κ2) is 8.31. The van der Waals surface area contributed by atoms with Crippen LogP contribution in [0.2, 0.25) is 0 Å². The van der Waals surface area contributed by atoms with Crippen molar-refractivity contribution in [1.29, 1.82) is 0 Å². The summed E-state index contributed by atoms with van der Waals surface area (Å²) < 4.78 is 0. The summed E-state index contributed by atoms with van der Waals surface area (Å²) in [4.78, 5) is 0. The van der Waals surface area contributed by atoms with E-state index in [9.17, 15) is 0 Å². The van der Waals surface area contributed by atoms with Crippen LogP contribution in [0.4, 0.5) is 0 Å². The fourth-order valence-corrected chi connectivity index (χ4v) is 1.30. The van der Waals surface area contributed by atoms with Crippen LogP contribution in [0.5, 0.6) is 0 Å². The first-order valence-electron chi connectivity index (χ1n) is 5.57. The molecule has 0 bridgehead atoms. The number of unbranched alkanes of at least 4 members (excludes halogenated alkanes) is 1. The summed E-state index contributed by atoms with van der Waals surface area (Å²) in [5.74, 6) is 0.853. The molecule has 0 aromatic rings. The number of rotatable bonds is 8. The standard InChI is InChI=1S/C12H25N/c1-4-11(2)8-9-12(3)7-5-6-10-13/h11H,3-10,13H2,1-2H3/t11-/m0/s1. The van der Waals surface area contributed by atoms with Crippen LogP contribution >= 0.6 is 0 Å². The van der Waals surface area contributed by atoms with Crippen LogP contribution in [0.25, 0.3) is 0 Å². The highest BCUT2D eigenvalue weighted by Gasteiger charge is 2.00. The van der Waals surface area contributed by atoms with Gasteiger partial charge in [0.05, 0.1) is 0 Å². The van der Waals surface area contributed by atoms with Gasteiger partial charge >= 0.3 is 0 Å². The zero-order valence-electron chi connectivity index (χ0n) is 9.31. The Bertz CT molecular complexity index is 129. The zero-order chi connectivity index (χ0) is 10.1. The minimum Gasteiger partial charge on any atom is -0.330 e. The molecule has 0 unspecified atom stereocenters. The second-order valence-corrected chi connectivity index (χ2v) is 4.05. The molecule has 13 heavy (non-hydrogen) atoms. The van der Waals surface area contributed by atoms with E-state index < -0.39 is 0 Å². The van der Waals surface area contributed by atoms with Crippen LogP contribution in [-0.2, 0) is 0 Å². The van der Waals surface area contributed by atoms with Crippen LogP contribution in [0, 0.1) is 5.92 Å². The summed E-state index contributed by atoms with van der Waals surface area (Å²) in [6.07, 6.45) is 7.33. The summed E-state index contributed by atoms with van der Waals surface area (Å²) in [5.41, 5.74) is 6.84. The van der Waals surface area contributed by atoms with Gasteiger partial charge in [-0.1, -0.05) is 32.4 Å². The molecule has 0 aromatic carbocycles. The van der Waals surface area contributed by atoms with Crippen LogP contribution < -0.4 is 5.73 Å². The van der Waals surface area contributed by atoms with Crippen molar-refractivity contribution in [1.82, 2.24) is 0 Å². The van der Waals surface area contributed by atoms with E-state index in [2.05, 4.69) is 20.4 Å². The van der Waals surface area contributed by atoms with Gasteiger partial charge in [0, 0.05) is 0 Å². The van der Waals surface area contributed by atoms with E-state index in [0.29, 0.717) is 0 Å². The van der Waals surface area contributed by atoms with Gasteiger partial charge in [0.2, 0.25) is 0 Å². The predicted molar refractivity (Wildman–Crippen MR) is 60.7 cm³/mol. The summed E-state index contributed by atoms with van der Waals surface area (Å²) >= 11 is 0. The number of allylic oxidation sites excluding steroid dienone is 1. The zero-order valence-corrected chi connectivity index (χ0v) is 9.31. The molecule has 0 aromatic heterocycles. The average Bonchev–Trinajstić information content (AvgIpc) is 2.14. The van der Waals surface area contributed by atoms with Crippen molar-refractivity contribution in [3.8, 4) is 0 Å². The van der Waals surface area contributed by atoms with Crippen molar-refractivity contribution in [2.24, 2.45) is 11.7 Å². The van der Waals surface area contributed by atoms with E-state index in [-0.39, 0.29) is 0 Å². The first-order valence-corrected chi connectivity index (χ1v) is 5.57. The lowest BCUT2D eigenvalue weighted by Crippen LogP contribution is -1.98. The molecule has 0 saturated heterocycles. The molecule has 0 saturated carbocycles. The van der Waals surface area contributed by atoms with Crippen molar-refractivity contribution >= 4 is 0 Å². The van der Waals surface area contributed by atoms with E-state index in [4.69, 9.17) is 5.73 Å².